The Bertz CT molecular complexity index is 942. The summed E-state index contributed by atoms with van der Waals surface area (Å²) in [6.07, 6.45) is 1.10. The van der Waals surface area contributed by atoms with E-state index in [9.17, 15) is 13.2 Å². The number of benzene rings is 2. The van der Waals surface area contributed by atoms with Gasteiger partial charge in [-0.3, -0.25) is 9.10 Å². The maximum absolute atomic E-state index is 12.7. The van der Waals surface area contributed by atoms with Gasteiger partial charge in [0.2, 0.25) is 15.9 Å². The molecule has 0 spiro atoms. The van der Waals surface area contributed by atoms with Crippen LogP contribution in [0.2, 0.25) is 5.02 Å². The molecule has 1 N–H and O–H groups in total. The fourth-order valence-corrected chi connectivity index (χ4v) is 4.06. The Hall–Kier alpha value is -2.05. The van der Waals surface area contributed by atoms with Crippen LogP contribution in [0.5, 0.6) is 0 Å². The lowest BCUT2D eigenvalue weighted by molar-refractivity contribution is -0.116. The third-order valence-electron chi connectivity index (χ3n) is 4.13. The van der Waals surface area contributed by atoms with E-state index in [1.807, 2.05) is 32.9 Å². The molecule has 1 amide bonds. The van der Waals surface area contributed by atoms with Crippen LogP contribution in [0.25, 0.3) is 0 Å². The first-order valence-corrected chi connectivity index (χ1v) is 10.4. The second-order valence-corrected chi connectivity index (χ2v) is 8.74. The van der Waals surface area contributed by atoms with Gasteiger partial charge in [0.05, 0.1) is 11.9 Å². The minimum Gasteiger partial charge on any atom is -0.324 e. The average Bonchev–Trinajstić information content (AvgIpc) is 2.53. The number of nitrogens with zero attached hydrogens (tertiary/aromatic N) is 1. The molecule has 0 aromatic heterocycles. The van der Waals surface area contributed by atoms with E-state index in [1.54, 1.807) is 31.2 Å². The first kappa shape index (κ1) is 20.3. The predicted molar refractivity (Wildman–Crippen MR) is 108 cm³/mol. The third kappa shape index (κ3) is 4.56. The zero-order valence-corrected chi connectivity index (χ0v) is 17.1. The fraction of sp³-hybridized carbons (Fsp3) is 0.316. The van der Waals surface area contributed by atoms with Crippen LogP contribution in [0, 0.1) is 20.8 Å². The van der Waals surface area contributed by atoms with Crippen LogP contribution in [0.3, 0.4) is 0 Å². The number of anilines is 2. The van der Waals surface area contributed by atoms with Crippen molar-refractivity contribution in [2.45, 2.75) is 33.7 Å². The molecule has 0 unspecified atom stereocenters. The van der Waals surface area contributed by atoms with Crippen molar-refractivity contribution in [3.8, 4) is 0 Å². The van der Waals surface area contributed by atoms with Gasteiger partial charge < -0.3 is 5.32 Å². The number of sulfonamides is 1. The van der Waals surface area contributed by atoms with Crippen LogP contribution in [-0.2, 0) is 14.8 Å². The number of hydrogen-bond acceptors (Lipinski definition) is 3. The normalized spacial score (nSPS) is 12.5. The lowest BCUT2D eigenvalue weighted by Crippen LogP contribution is -2.45. The Kier molecular flexibility index (Phi) is 5.98. The summed E-state index contributed by atoms with van der Waals surface area (Å²) in [6, 6.07) is 9.75. The summed E-state index contributed by atoms with van der Waals surface area (Å²) in [5.74, 6) is -0.434. The first-order chi connectivity index (χ1) is 12.0. The van der Waals surface area contributed by atoms with E-state index >= 15 is 0 Å². The Balaban J connectivity index is 2.37. The lowest BCUT2D eigenvalue weighted by atomic mass is 10.1. The SMILES string of the molecule is Cc1ccc(C)c(N([C@H](C)C(=O)Nc2ccc(C)c(Cl)c2)S(C)(=O)=O)c1. The molecular formula is C19H23ClN2O3S. The molecule has 5 nitrogen and oxygen atoms in total. The number of carbonyl (C=O) groups excluding carboxylic acids is 1. The zero-order chi connectivity index (χ0) is 19.6. The van der Waals surface area contributed by atoms with Gasteiger partial charge >= 0.3 is 0 Å². The van der Waals surface area contributed by atoms with Gasteiger partial charge in [-0.25, -0.2) is 8.42 Å². The van der Waals surface area contributed by atoms with E-state index in [-0.39, 0.29) is 0 Å². The highest BCUT2D eigenvalue weighted by Gasteiger charge is 2.30. The van der Waals surface area contributed by atoms with E-state index in [0.717, 1.165) is 27.3 Å². The molecule has 2 aromatic rings. The summed E-state index contributed by atoms with van der Waals surface area (Å²) in [5.41, 5.74) is 3.60. The van der Waals surface area contributed by atoms with Crippen LogP contribution in [0.15, 0.2) is 36.4 Å². The van der Waals surface area contributed by atoms with Gasteiger partial charge in [-0.15, -0.1) is 0 Å². The summed E-state index contributed by atoms with van der Waals surface area (Å²) in [6.45, 7) is 7.12. The second-order valence-electron chi connectivity index (χ2n) is 6.48. The molecule has 7 heteroatoms. The lowest BCUT2D eigenvalue weighted by Gasteiger charge is -2.29. The van der Waals surface area contributed by atoms with Crippen molar-refractivity contribution in [3.05, 3.63) is 58.1 Å². The molecule has 0 aliphatic heterocycles. The molecule has 2 rings (SSSR count). The van der Waals surface area contributed by atoms with Crippen LogP contribution in [0.1, 0.15) is 23.6 Å². The summed E-state index contributed by atoms with van der Waals surface area (Å²) in [4.78, 5) is 12.7. The summed E-state index contributed by atoms with van der Waals surface area (Å²) in [5, 5.41) is 3.27. The van der Waals surface area contributed by atoms with E-state index in [2.05, 4.69) is 5.32 Å². The first-order valence-electron chi connectivity index (χ1n) is 8.14. The van der Waals surface area contributed by atoms with E-state index in [4.69, 9.17) is 11.6 Å². The highest BCUT2D eigenvalue weighted by Crippen LogP contribution is 2.27. The monoisotopic (exact) mass is 394 g/mol. The maximum atomic E-state index is 12.7. The maximum Gasteiger partial charge on any atom is 0.247 e. The third-order valence-corrected chi connectivity index (χ3v) is 5.76. The molecule has 140 valence electrons. The zero-order valence-electron chi connectivity index (χ0n) is 15.5. The van der Waals surface area contributed by atoms with Crippen molar-refractivity contribution in [2.75, 3.05) is 15.9 Å². The molecule has 0 fully saturated rings. The quantitative estimate of drug-likeness (QED) is 0.831. The van der Waals surface area contributed by atoms with Gasteiger partial charge in [0.25, 0.3) is 0 Å². The molecule has 2 aromatic carbocycles. The number of halogens is 1. The van der Waals surface area contributed by atoms with E-state index in [1.165, 1.54) is 0 Å². The highest BCUT2D eigenvalue weighted by atomic mass is 35.5. The van der Waals surface area contributed by atoms with Crippen molar-refractivity contribution >= 4 is 38.9 Å². The van der Waals surface area contributed by atoms with Crippen molar-refractivity contribution in [3.63, 3.8) is 0 Å². The summed E-state index contributed by atoms with van der Waals surface area (Å²) in [7, 11) is -3.66. The van der Waals surface area contributed by atoms with E-state index in [0.29, 0.717) is 16.4 Å². The van der Waals surface area contributed by atoms with Gasteiger partial charge in [0.1, 0.15) is 6.04 Å². The standard InChI is InChI=1S/C19H23ClN2O3S/c1-12-6-7-14(3)18(10-12)22(26(5,24)25)15(4)19(23)21-16-9-8-13(2)17(20)11-16/h6-11,15H,1-5H3,(H,21,23)/t15-/m1/s1. The molecule has 0 aliphatic carbocycles. The largest absolute Gasteiger partial charge is 0.324 e. The second kappa shape index (κ2) is 7.68. The van der Waals surface area contributed by atoms with E-state index < -0.39 is 22.0 Å². The number of nitrogens with one attached hydrogen (secondary N) is 1. The molecule has 0 aliphatic rings. The Morgan fingerprint density at radius 3 is 2.27 bits per heavy atom. The topological polar surface area (TPSA) is 66.5 Å². The van der Waals surface area contributed by atoms with Crippen LogP contribution >= 0.6 is 11.6 Å². The number of rotatable bonds is 5. The molecule has 0 radical (unpaired) electrons. The van der Waals surface area contributed by atoms with Gasteiger partial charge in [-0.05, 0) is 62.6 Å². The average molecular weight is 395 g/mol. The molecular weight excluding hydrogens is 372 g/mol. The van der Waals surface area contributed by atoms with Gasteiger partial charge in [-0.1, -0.05) is 29.8 Å². The van der Waals surface area contributed by atoms with Crippen molar-refractivity contribution in [1.82, 2.24) is 0 Å². The molecule has 0 bridgehead atoms. The minimum absolute atomic E-state index is 0.434. The smallest absolute Gasteiger partial charge is 0.247 e. The molecule has 0 saturated heterocycles. The van der Waals surface area contributed by atoms with Crippen LogP contribution in [-0.4, -0.2) is 26.6 Å². The minimum atomic E-state index is -3.66. The van der Waals surface area contributed by atoms with Crippen LogP contribution < -0.4 is 9.62 Å². The predicted octanol–water partition coefficient (Wildman–Crippen LogP) is 4.06. The van der Waals surface area contributed by atoms with Crippen molar-refractivity contribution in [2.24, 2.45) is 0 Å². The molecule has 1 atom stereocenters. The number of aryl methyl sites for hydroxylation is 3. The van der Waals surface area contributed by atoms with Crippen LogP contribution in [0.4, 0.5) is 11.4 Å². The highest BCUT2D eigenvalue weighted by molar-refractivity contribution is 7.92. The Labute approximate surface area is 160 Å². The summed E-state index contributed by atoms with van der Waals surface area (Å²) >= 11 is 6.09. The molecule has 0 heterocycles. The summed E-state index contributed by atoms with van der Waals surface area (Å²) < 4.78 is 26.0. The molecule has 0 saturated carbocycles. The van der Waals surface area contributed by atoms with Gasteiger partial charge in [-0.2, -0.15) is 0 Å². The number of amides is 1. The van der Waals surface area contributed by atoms with Crippen molar-refractivity contribution < 1.29 is 13.2 Å². The van der Waals surface area contributed by atoms with Gasteiger partial charge in [0, 0.05) is 10.7 Å². The number of hydrogen-bond donors (Lipinski definition) is 1. The number of carbonyl (C=O) groups is 1. The Morgan fingerprint density at radius 1 is 1.08 bits per heavy atom. The van der Waals surface area contributed by atoms with Gasteiger partial charge in [0.15, 0.2) is 0 Å². The van der Waals surface area contributed by atoms with Crippen molar-refractivity contribution in [1.29, 1.82) is 0 Å². The molecule has 26 heavy (non-hydrogen) atoms. The Morgan fingerprint density at radius 2 is 1.69 bits per heavy atom. The fourth-order valence-electron chi connectivity index (χ4n) is 2.66.